The number of rotatable bonds is 5. The minimum absolute atomic E-state index is 0.0349. The van der Waals surface area contributed by atoms with Crippen molar-refractivity contribution in [2.24, 2.45) is 0 Å². The van der Waals surface area contributed by atoms with Gasteiger partial charge in [0.1, 0.15) is 23.9 Å². The lowest BCUT2D eigenvalue weighted by molar-refractivity contribution is -0.138. The molecule has 13 heteroatoms. The Labute approximate surface area is 187 Å². The van der Waals surface area contributed by atoms with Gasteiger partial charge in [0.15, 0.2) is 11.5 Å². The molecule has 4 heterocycles. The first kappa shape index (κ1) is 23.3. The van der Waals surface area contributed by atoms with Gasteiger partial charge in [0.05, 0.1) is 22.2 Å². The molecule has 0 unspecified atom stereocenters. The molecular weight excluding hydrogens is 466 g/mol. The standard InChI is InChI=1S/C21H14F6N6O/c1-34-10-16-32-18-12(19(33-16)31-15-7-4-11(9-29-15)20(22,23)24)5-6-14(30-18)17-13(21(25,26)27)3-2-8-28-17/h2-9H,10H2,1H3,(H,29,30,31,32,33). The van der Waals surface area contributed by atoms with Crippen LogP contribution in [0.15, 0.2) is 48.8 Å². The molecule has 0 aliphatic carbocycles. The number of fused-ring (bicyclic) bond motifs is 1. The highest BCUT2D eigenvalue weighted by molar-refractivity contribution is 5.89. The predicted molar refractivity (Wildman–Crippen MR) is 109 cm³/mol. The molecule has 176 valence electrons. The van der Waals surface area contributed by atoms with Crippen molar-refractivity contribution in [1.29, 1.82) is 0 Å². The zero-order chi connectivity index (χ0) is 24.5. The first-order valence-electron chi connectivity index (χ1n) is 9.56. The fourth-order valence-electron chi connectivity index (χ4n) is 3.07. The van der Waals surface area contributed by atoms with Gasteiger partial charge < -0.3 is 10.1 Å². The van der Waals surface area contributed by atoms with E-state index in [1.165, 1.54) is 31.5 Å². The Bertz CT molecular complexity index is 1320. The van der Waals surface area contributed by atoms with E-state index in [9.17, 15) is 26.3 Å². The highest BCUT2D eigenvalue weighted by Crippen LogP contribution is 2.36. The summed E-state index contributed by atoms with van der Waals surface area (Å²) < 4.78 is 83.7. The maximum absolute atomic E-state index is 13.4. The predicted octanol–water partition coefficient (Wildman–Crippen LogP) is 5.41. The maximum Gasteiger partial charge on any atom is 0.418 e. The van der Waals surface area contributed by atoms with Crippen molar-refractivity contribution in [3.05, 3.63) is 65.7 Å². The van der Waals surface area contributed by atoms with Crippen molar-refractivity contribution in [2.45, 2.75) is 19.0 Å². The summed E-state index contributed by atoms with van der Waals surface area (Å²) >= 11 is 0. The monoisotopic (exact) mass is 480 g/mol. The van der Waals surface area contributed by atoms with E-state index in [4.69, 9.17) is 4.74 Å². The summed E-state index contributed by atoms with van der Waals surface area (Å²) in [5.41, 5.74) is -2.29. The number of nitrogens with zero attached hydrogens (tertiary/aromatic N) is 5. The second-order valence-electron chi connectivity index (χ2n) is 6.94. The molecule has 0 fully saturated rings. The molecule has 0 atom stereocenters. The van der Waals surface area contributed by atoms with E-state index in [1.807, 2.05) is 0 Å². The van der Waals surface area contributed by atoms with Crippen LogP contribution in [0.4, 0.5) is 38.0 Å². The van der Waals surface area contributed by atoms with E-state index in [0.717, 1.165) is 18.2 Å². The smallest absolute Gasteiger partial charge is 0.377 e. The normalized spacial score (nSPS) is 12.2. The van der Waals surface area contributed by atoms with Gasteiger partial charge in [-0.05, 0) is 36.4 Å². The molecule has 7 nitrogen and oxygen atoms in total. The van der Waals surface area contributed by atoms with E-state index in [1.54, 1.807) is 0 Å². The number of methoxy groups -OCH3 is 1. The summed E-state index contributed by atoms with van der Waals surface area (Å²) in [5.74, 6) is 0.344. The molecule has 0 aliphatic heterocycles. The largest absolute Gasteiger partial charge is 0.418 e. The molecule has 4 aromatic rings. The number of ether oxygens (including phenoxy) is 1. The van der Waals surface area contributed by atoms with Crippen LogP contribution in [0.1, 0.15) is 17.0 Å². The highest BCUT2D eigenvalue weighted by Gasteiger charge is 2.35. The Hall–Kier alpha value is -3.87. The number of anilines is 2. The molecular formula is C21H14F6N6O. The number of pyridine rings is 3. The Morgan fingerprint density at radius 1 is 0.882 bits per heavy atom. The molecule has 0 saturated heterocycles. The molecule has 0 bridgehead atoms. The zero-order valence-corrected chi connectivity index (χ0v) is 17.2. The Morgan fingerprint density at radius 3 is 2.32 bits per heavy atom. The van der Waals surface area contributed by atoms with E-state index in [2.05, 4.69) is 30.2 Å². The summed E-state index contributed by atoms with van der Waals surface area (Å²) in [6.45, 7) is -0.0473. The lowest BCUT2D eigenvalue weighted by atomic mass is 10.1. The van der Waals surface area contributed by atoms with Crippen molar-refractivity contribution >= 4 is 22.7 Å². The van der Waals surface area contributed by atoms with E-state index >= 15 is 0 Å². The average molecular weight is 480 g/mol. The molecule has 1 N–H and O–H groups in total. The minimum Gasteiger partial charge on any atom is -0.377 e. The second-order valence-corrected chi connectivity index (χ2v) is 6.94. The van der Waals surface area contributed by atoms with Gasteiger partial charge in [0.25, 0.3) is 0 Å². The van der Waals surface area contributed by atoms with E-state index in [-0.39, 0.29) is 41.1 Å². The van der Waals surface area contributed by atoms with Crippen molar-refractivity contribution in [3.8, 4) is 11.4 Å². The molecule has 0 saturated carbocycles. The summed E-state index contributed by atoms with van der Waals surface area (Å²) in [6.07, 6.45) is -7.30. The molecule has 0 radical (unpaired) electrons. The molecule has 34 heavy (non-hydrogen) atoms. The van der Waals surface area contributed by atoms with Crippen molar-refractivity contribution in [1.82, 2.24) is 24.9 Å². The van der Waals surface area contributed by atoms with Crippen LogP contribution in [0, 0.1) is 0 Å². The van der Waals surface area contributed by atoms with E-state index in [0.29, 0.717) is 11.6 Å². The second kappa shape index (κ2) is 8.82. The third-order valence-electron chi connectivity index (χ3n) is 4.57. The molecule has 0 spiro atoms. The van der Waals surface area contributed by atoms with Crippen LogP contribution in [0.3, 0.4) is 0 Å². The number of nitrogens with one attached hydrogen (secondary N) is 1. The van der Waals surface area contributed by atoms with Crippen LogP contribution in [-0.4, -0.2) is 32.0 Å². The summed E-state index contributed by atoms with van der Waals surface area (Å²) in [5, 5.41) is 3.10. The Kier molecular flexibility index (Phi) is 6.04. The third-order valence-corrected chi connectivity index (χ3v) is 4.57. The summed E-state index contributed by atoms with van der Waals surface area (Å²) in [7, 11) is 1.39. The fraction of sp³-hybridized carbons (Fsp3) is 0.190. The fourth-order valence-corrected chi connectivity index (χ4v) is 3.07. The van der Waals surface area contributed by atoms with Crippen LogP contribution in [0.2, 0.25) is 0 Å². The Balaban J connectivity index is 1.79. The quantitative estimate of drug-likeness (QED) is 0.383. The SMILES string of the molecule is COCc1nc(Nc2ccc(C(F)(F)F)cn2)c2ccc(-c3ncccc3C(F)(F)F)nc2n1. The minimum atomic E-state index is -4.64. The summed E-state index contributed by atoms with van der Waals surface area (Å²) in [4.78, 5) is 20.3. The first-order valence-corrected chi connectivity index (χ1v) is 9.56. The number of aromatic nitrogens is 5. The van der Waals surface area contributed by atoms with Gasteiger partial charge in [-0.2, -0.15) is 26.3 Å². The topological polar surface area (TPSA) is 85.7 Å². The molecule has 0 amide bonds. The van der Waals surface area contributed by atoms with Crippen LogP contribution in [0.5, 0.6) is 0 Å². The lowest BCUT2D eigenvalue weighted by Crippen LogP contribution is -2.09. The van der Waals surface area contributed by atoms with Crippen LogP contribution in [-0.2, 0) is 23.7 Å². The Morgan fingerprint density at radius 2 is 1.68 bits per heavy atom. The maximum atomic E-state index is 13.4. The van der Waals surface area contributed by atoms with Crippen LogP contribution >= 0.6 is 0 Å². The van der Waals surface area contributed by atoms with Crippen LogP contribution in [0.25, 0.3) is 22.4 Å². The number of hydrogen-bond donors (Lipinski definition) is 1. The number of hydrogen-bond acceptors (Lipinski definition) is 7. The highest BCUT2D eigenvalue weighted by atomic mass is 19.4. The van der Waals surface area contributed by atoms with Gasteiger partial charge in [-0.25, -0.2) is 19.9 Å². The lowest BCUT2D eigenvalue weighted by Gasteiger charge is -2.13. The molecule has 4 aromatic heterocycles. The van der Waals surface area contributed by atoms with Crippen molar-refractivity contribution < 1.29 is 31.1 Å². The average Bonchev–Trinajstić information content (AvgIpc) is 2.78. The first-order chi connectivity index (χ1) is 16.1. The molecule has 0 aromatic carbocycles. The van der Waals surface area contributed by atoms with Gasteiger partial charge in [0.2, 0.25) is 0 Å². The van der Waals surface area contributed by atoms with Gasteiger partial charge in [-0.1, -0.05) is 0 Å². The van der Waals surface area contributed by atoms with Crippen molar-refractivity contribution in [2.75, 3.05) is 12.4 Å². The van der Waals surface area contributed by atoms with Gasteiger partial charge in [0, 0.05) is 19.5 Å². The number of halogens is 6. The van der Waals surface area contributed by atoms with Gasteiger partial charge >= 0.3 is 12.4 Å². The van der Waals surface area contributed by atoms with E-state index < -0.39 is 23.5 Å². The van der Waals surface area contributed by atoms with Crippen LogP contribution < -0.4 is 5.32 Å². The van der Waals surface area contributed by atoms with Gasteiger partial charge in [-0.3, -0.25) is 4.98 Å². The molecule has 4 rings (SSSR count). The molecule has 0 aliphatic rings. The van der Waals surface area contributed by atoms with Crippen molar-refractivity contribution in [3.63, 3.8) is 0 Å². The third kappa shape index (κ3) is 4.88. The van der Waals surface area contributed by atoms with Gasteiger partial charge in [-0.15, -0.1) is 0 Å². The number of alkyl halides is 6. The zero-order valence-electron chi connectivity index (χ0n) is 17.2. The summed E-state index contributed by atoms with van der Waals surface area (Å²) in [6, 6.07) is 6.81.